The van der Waals surface area contributed by atoms with Crippen LogP contribution in [0.3, 0.4) is 0 Å². The third-order valence-electron chi connectivity index (χ3n) is 4.72. The fraction of sp³-hybridized carbons (Fsp3) is 0.154. The summed E-state index contributed by atoms with van der Waals surface area (Å²) in [7, 11) is 1.45. The van der Waals surface area contributed by atoms with E-state index in [2.05, 4.69) is 38.4 Å². The second-order valence-corrected chi connectivity index (χ2v) is 8.38. The van der Waals surface area contributed by atoms with Crippen LogP contribution in [0, 0.1) is 3.57 Å². The molecule has 3 aromatic rings. The molecule has 10 heteroatoms. The summed E-state index contributed by atoms with van der Waals surface area (Å²) in [6.07, 6.45) is 1.40. The van der Waals surface area contributed by atoms with Crippen molar-refractivity contribution in [1.82, 2.24) is 10.7 Å². The highest BCUT2D eigenvalue weighted by Gasteiger charge is 2.13. The number of hydrazone groups is 1. The SMILES string of the molecule is CCOc1ccc(C(=O)Oc2ccc(/C=N\NC(=O)CNC(=O)c3ccccc3I)cc2OC)cc1. The topological polar surface area (TPSA) is 115 Å². The number of nitrogens with zero attached hydrogens (tertiary/aromatic N) is 1. The van der Waals surface area contributed by atoms with Crippen molar-refractivity contribution in [2.75, 3.05) is 20.3 Å². The lowest BCUT2D eigenvalue weighted by atomic mass is 10.2. The Kier molecular flexibility index (Phi) is 9.81. The summed E-state index contributed by atoms with van der Waals surface area (Å²) in [5, 5.41) is 6.44. The van der Waals surface area contributed by atoms with Crippen LogP contribution in [0.1, 0.15) is 33.2 Å². The number of esters is 1. The summed E-state index contributed by atoms with van der Waals surface area (Å²) in [4.78, 5) is 36.7. The number of rotatable bonds is 10. The van der Waals surface area contributed by atoms with Crippen LogP contribution in [0.4, 0.5) is 0 Å². The quantitative estimate of drug-likeness (QED) is 0.120. The van der Waals surface area contributed by atoms with E-state index >= 15 is 0 Å². The predicted octanol–water partition coefficient (Wildman–Crippen LogP) is 3.80. The maximum Gasteiger partial charge on any atom is 0.343 e. The molecule has 2 amide bonds. The van der Waals surface area contributed by atoms with Gasteiger partial charge in [0.05, 0.1) is 37.6 Å². The van der Waals surface area contributed by atoms with Gasteiger partial charge in [-0.25, -0.2) is 10.2 Å². The molecule has 36 heavy (non-hydrogen) atoms. The van der Waals surface area contributed by atoms with Crippen molar-refractivity contribution in [2.45, 2.75) is 6.92 Å². The molecule has 0 aliphatic carbocycles. The second-order valence-electron chi connectivity index (χ2n) is 7.21. The fourth-order valence-electron chi connectivity index (χ4n) is 2.98. The molecule has 0 aliphatic rings. The van der Waals surface area contributed by atoms with E-state index in [1.165, 1.54) is 13.3 Å². The third-order valence-corrected chi connectivity index (χ3v) is 5.66. The van der Waals surface area contributed by atoms with Crippen LogP contribution in [0.25, 0.3) is 0 Å². The van der Waals surface area contributed by atoms with Gasteiger partial charge in [0.2, 0.25) is 0 Å². The molecule has 0 aromatic heterocycles. The molecule has 2 N–H and O–H groups in total. The molecule has 3 aromatic carbocycles. The van der Waals surface area contributed by atoms with Gasteiger partial charge in [0.15, 0.2) is 11.5 Å². The van der Waals surface area contributed by atoms with Gasteiger partial charge in [0.1, 0.15) is 5.75 Å². The Morgan fingerprint density at radius 1 is 1.00 bits per heavy atom. The molecule has 9 nitrogen and oxygen atoms in total. The normalized spacial score (nSPS) is 10.5. The van der Waals surface area contributed by atoms with Crippen LogP contribution >= 0.6 is 22.6 Å². The third kappa shape index (κ3) is 7.54. The van der Waals surface area contributed by atoms with Gasteiger partial charge in [-0.15, -0.1) is 0 Å². The summed E-state index contributed by atoms with van der Waals surface area (Å²) in [6.45, 7) is 2.18. The smallest absolute Gasteiger partial charge is 0.343 e. The Bertz CT molecular complexity index is 1260. The van der Waals surface area contributed by atoms with E-state index in [1.54, 1.807) is 60.7 Å². The van der Waals surface area contributed by atoms with E-state index in [1.807, 2.05) is 13.0 Å². The summed E-state index contributed by atoms with van der Waals surface area (Å²) < 4.78 is 16.9. The van der Waals surface area contributed by atoms with Crippen molar-refractivity contribution in [3.8, 4) is 17.2 Å². The number of amides is 2. The highest BCUT2D eigenvalue weighted by molar-refractivity contribution is 14.1. The van der Waals surface area contributed by atoms with Crippen LogP contribution in [-0.4, -0.2) is 44.3 Å². The molecular formula is C26H24IN3O6. The largest absolute Gasteiger partial charge is 0.494 e. The number of carbonyl (C=O) groups excluding carboxylic acids is 3. The zero-order valence-corrected chi connectivity index (χ0v) is 21.8. The lowest BCUT2D eigenvalue weighted by Gasteiger charge is -2.10. The number of nitrogens with one attached hydrogen (secondary N) is 2. The minimum atomic E-state index is -0.544. The first-order valence-electron chi connectivity index (χ1n) is 10.9. The first-order valence-corrected chi connectivity index (χ1v) is 12.0. The summed E-state index contributed by atoms with van der Waals surface area (Å²) in [5.74, 6) is -0.171. The van der Waals surface area contributed by atoms with E-state index in [0.29, 0.717) is 34.8 Å². The maximum absolute atomic E-state index is 12.5. The molecule has 0 spiro atoms. The van der Waals surface area contributed by atoms with E-state index in [-0.39, 0.29) is 18.2 Å². The number of hydrogen-bond acceptors (Lipinski definition) is 7. The molecule has 0 bridgehead atoms. The highest BCUT2D eigenvalue weighted by Crippen LogP contribution is 2.28. The molecule has 0 saturated heterocycles. The lowest BCUT2D eigenvalue weighted by Crippen LogP contribution is -2.35. The van der Waals surface area contributed by atoms with Crippen LogP contribution < -0.4 is 25.0 Å². The molecule has 0 heterocycles. The van der Waals surface area contributed by atoms with E-state index in [4.69, 9.17) is 14.2 Å². The molecule has 0 atom stereocenters. The molecule has 3 rings (SSSR count). The van der Waals surface area contributed by atoms with Gasteiger partial charge in [0, 0.05) is 3.57 Å². The maximum atomic E-state index is 12.5. The zero-order valence-electron chi connectivity index (χ0n) is 19.6. The monoisotopic (exact) mass is 601 g/mol. The summed E-state index contributed by atoms with van der Waals surface area (Å²) in [6, 6.07) is 18.5. The molecule has 0 radical (unpaired) electrons. The molecule has 0 saturated carbocycles. The number of methoxy groups -OCH3 is 1. The van der Waals surface area contributed by atoms with Gasteiger partial charge in [0.25, 0.3) is 11.8 Å². The van der Waals surface area contributed by atoms with Gasteiger partial charge < -0.3 is 19.5 Å². The fourth-order valence-corrected chi connectivity index (χ4v) is 3.61. The average Bonchev–Trinajstić information content (AvgIpc) is 2.89. The summed E-state index contributed by atoms with van der Waals surface area (Å²) >= 11 is 2.06. The van der Waals surface area contributed by atoms with Crippen molar-refractivity contribution in [3.63, 3.8) is 0 Å². The number of halogens is 1. The van der Waals surface area contributed by atoms with Crippen molar-refractivity contribution in [2.24, 2.45) is 5.10 Å². The first-order chi connectivity index (χ1) is 17.4. The lowest BCUT2D eigenvalue weighted by molar-refractivity contribution is -0.120. The average molecular weight is 601 g/mol. The van der Waals surface area contributed by atoms with Crippen molar-refractivity contribution >= 4 is 46.6 Å². The molecule has 186 valence electrons. The first kappa shape index (κ1) is 26.7. The minimum absolute atomic E-state index is 0.231. The zero-order chi connectivity index (χ0) is 25.9. The van der Waals surface area contributed by atoms with Gasteiger partial charge in [-0.1, -0.05) is 12.1 Å². The predicted molar refractivity (Wildman–Crippen MR) is 143 cm³/mol. The Morgan fingerprint density at radius 3 is 2.44 bits per heavy atom. The van der Waals surface area contributed by atoms with Crippen molar-refractivity contribution < 1.29 is 28.6 Å². The number of ether oxygens (including phenoxy) is 3. The minimum Gasteiger partial charge on any atom is -0.494 e. The van der Waals surface area contributed by atoms with Crippen molar-refractivity contribution in [1.29, 1.82) is 0 Å². The van der Waals surface area contributed by atoms with E-state index < -0.39 is 11.9 Å². The molecule has 0 fully saturated rings. The number of benzene rings is 3. The van der Waals surface area contributed by atoms with Gasteiger partial charge in [-0.05, 0) is 89.7 Å². The van der Waals surface area contributed by atoms with Gasteiger partial charge in [-0.2, -0.15) is 5.10 Å². The molecular weight excluding hydrogens is 577 g/mol. The Hall–Kier alpha value is -3.93. The number of carbonyl (C=O) groups is 3. The standard InChI is InChI=1S/C26H24IN3O6/c1-3-35-19-11-9-18(10-12-19)26(33)36-22-13-8-17(14-23(22)34-2)15-29-30-24(31)16-28-25(32)20-6-4-5-7-21(20)27/h4-15H,3,16H2,1-2H3,(H,28,32)(H,30,31)/b29-15-. The Balaban J connectivity index is 1.54. The van der Waals surface area contributed by atoms with Crippen LogP contribution in [0.2, 0.25) is 0 Å². The van der Waals surface area contributed by atoms with Gasteiger partial charge in [-0.3, -0.25) is 9.59 Å². The second kappa shape index (κ2) is 13.2. The Morgan fingerprint density at radius 2 is 1.75 bits per heavy atom. The van der Waals surface area contributed by atoms with Crippen LogP contribution in [0.5, 0.6) is 17.2 Å². The van der Waals surface area contributed by atoms with Crippen LogP contribution in [-0.2, 0) is 4.79 Å². The van der Waals surface area contributed by atoms with E-state index in [0.717, 1.165) is 3.57 Å². The molecule has 0 unspecified atom stereocenters. The highest BCUT2D eigenvalue weighted by atomic mass is 127. The Labute approximate surface area is 222 Å². The van der Waals surface area contributed by atoms with Gasteiger partial charge >= 0.3 is 5.97 Å². The van der Waals surface area contributed by atoms with Crippen molar-refractivity contribution in [3.05, 3.63) is 87.0 Å². The van der Waals surface area contributed by atoms with Crippen LogP contribution in [0.15, 0.2) is 71.8 Å². The molecule has 0 aliphatic heterocycles. The van der Waals surface area contributed by atoms with E-state index in [9.17, 15) is 14.4 Å². The number of hydrogen-bond donors (Lipinski definition) is 2. The summed E-state index contributed by atoms with van der Waals surface area (Å²) in [5.41, 5.74) is 3.80.